The number of aromatic nitrogens is 1. The predicted octanol–water partition coefficient (Wildman–Crippen LogP) is 15.3. The maximum absolute atomic E-state index is 6.94. The van der Waals surface area contributed by atoms with E-state index in [1.54, 1.807) is 0 Å². The molecule has 12 rings (SSSR count). The molecule has 12 aromatic rings. The van der Waals surface area contributed by atoms with E-state index in [0.29, 0.717) is 0 Å². The first-order valence-corrected chi connectivity index (χ1v) is 19.5. The van der Waals surface area contributed by atoms with Crippen LogP contribution in [0.4, 0.5) is 17.1 Å². The van der Waals surface area contributed by atoms with Crippen LogP contribution in [0.1, 0.15) is 0 Å². The van der Waals surface area contributed by atoms with Crippen LogP contribution in [0.3, 0.4) is 0 Å². The molecule has 2 aromatic heterocycles. The number of fused-ring (bicyclic) bond motifs is 10. The average Bonchev–Trinajstić information content (AvgIpc) is 3.83. The smallest absolute Gasteiger partial charge is 0.145 e. The van der Waals surface area contributed by atoms with Crippen LogP contribution < -0.4 is 4.90 Å². The molecule has 57 heavy (non-hydrogen) atoms. The van der Waals surface area contributed by atoms with Crippen molar-refractivity contribution in [3.05, 3.63) is 206 Å². The molecule has 0 radical (unpaired) electrons. The molecule has 3 heteroatoms. The fourth-order valence-corrected chi connectivity index (χ4v) is 9.25. The lowest BCUT2D eigenvalue weighted by Crippen LogP contribution is -2.11. The molecule has 0 saturated heterocycles. The number of para-hydroxylation sites is 3. The van der Waals surface area contributed by atoms with Gasteiger partial charge in [-0.05, 0) is 93.2 Å². The molecule has 0 atom stereocenters. The van der Waals surface area contributed by atoms with Gasteiger partial charge in [0.25, 0.3) is 0 Å². The molecule has 3 nitrogen and oxygen atoms in total. The summed E-state index contributed by atoms with van der Waals surface area (Å²) in [5.74, 6) is 0. The fourth-order valence-electron chi connectivity index (χ4n) is 9.25. The SMILES string of the molecule is c1ccc(-n2c3ccccc3c3cc(N(c4cccc5c4ccc4ccccc45)c4ccc(-c5cccc6ccccc56)c5oc6ccccc6c45)ccc32)cc1. The summed E-state index contributed by atoms with van der Waals surface area (Å²) in [5.41, 5.74) is 10.7. The van der Waals surface area contributed by atoms with Crippen LogP contribution in [0.5, 0.6) is 0 Å². The van der Waals surface area contributed by atoms with Crippen molar-refractivity contribution in [2.24, 2.45) is 0 Å². The monoisotopic (exact) mass is 726 g/mol. The van der Waals surface area contributed by atoms with Gasteiger partial charge in [-0.3, -0.25) is 0 Å². The summed E-state index contributed by atoms with van der Waals surface area (Å²) in [4.78, 5) is 2.46. The van der Waals surface area contributed by atoms with E-state index in [9.17, 15) is 0 Å². The van der Waals surface area contributed by atoms with Crippen molar-refractivity contribution >= 4 is 93.1 Å². The number of hydrogen-bond acceptors (Lipinski definition) is 2. The van der Waals surface area contributed by atoms with Crippen LogP contribution in [-0.2, 0) is 0 Å². The van der Waals surface area contributed by atoms with Gasteiger partial charge < -0.3 is 13.9 Å². The Kier molecular flexibility index (Phi) is 6.93. The Morgan fingerprint density at radius 3 is 1.91 bits per heavy atom. The van der Waals surface area contributed by atoms with Crippen LogP contribution >= 0.6 is 0 Å². The first-order chi connectivity index (χ1) is 28.3. The Morgan fingerprint density at radius 1 is 0.368 bits per heavy atom. The largest absolute Gasteiger partial charge is 0.455 e. The van der Waals surface area contributed by atoms with E-state index in [4.69, 9.17) is 4.42 Å². The summed E-state index contributed by atoms with van der Waals surface area (Å²) in [6, 6.07) is 74.5. The summed E-state index contributed by atoms with van der Waals surface area (Å²) < 4.78 is 9.32. The van der Waals surface area contributed by atoms with E-state index < -0.39 is 0 Å². The molecule has 0 amide bonds. The maximum atomic E-state index is 6.94. The molecule has 10 aromatic carbocycles. The second-order valence-corrected chi connectivity index (χ2v) is 14.8. The Bertz CT molecular complexity index is 3530. The third-order valence-electron chi connectivity index (χ3n) is 11.8. The number of nitrogens with zero attached hydrogens (tertiary/aromatic N) is 2. The van der Waals surface area contributed by atoms with Crippen molar-refractivity contribution in [3.63, 3.8) is 0 Å². The standard InChI is InChI=1S/C54H34N2O/c1-2-17-37(18-3-1)55-48-25-10-8-21-43(48)47-34-38(29-32-50(47)55)56(49-26-13-24-41-40-20-7-5-15-36(40)28-30-44(41)49)51-33-31-45(42-23-12-16-35-14-4-6-19-39(35)42)54-53(51)46-22-9-11-27-52(46)57-54/h1-34H. The number of hydrogen-bond donors (Lipinski definition) is 0. The lowest BCUT2D eigenvalue weighted by molar-refractivity contribution is 0.670. The highest BCUT2D eigenvalue weighted by Gasteiger charge is 2.25. The molecule has 0 spiro atoms. The molecule has 0 N–H and O–H groups in total. The Balaban J connectivity index is 1.19. The summed E-state index contributed by atoms with van der Waals surface area (Å²) >= 11 is 0. The molecule has 0 fully saturated rings. The van der Waals surface area contributed by atoms with E-state index in [-0.39, 0.29) is 0 Å². The van der Waals surface area contributed by atoms with Crippen molar-refractivity contribution in [3.8, 4) is 16.8 Å². The third-order valence-corrected chi connectivity index (χ3v) is 11.8. The van der Waals surface area contributed by atoms with Crippen molar-refractivity contribution in [1.29, 1.82) is 0 Å². The molecule has 0 aliphatic heterocycles. The minimum Gasteiger partial charge on any atom is -0.455 e. The lowest BCUT2D eigenvalue weighted by Gasteiger charge is -2.28. The number of anilines is 3. The molecule has 0 aliphatic carbocycles. The van der Waals surface area contributed by atoms with Crippen molar-refractivity contribution < 1.29 is 4.42 Å². The van der Waals surface area contributed by atoms with Gasteiger partial charge in [0.05, 0.1) is 27.8 Å². The Labute approximate surface area is 328 Å². The van der Waals surface area contributed by atoms with Crippen molar-refractivity contribution in [1.82, 2.24) is 4.57 Å². The van der Waals surface area contributed by atoms with Crippen molar-refractivity contribution in [2.45, 2.75) is 0 Å². The second kappa shape index (κ2) is 12.5. The predicted molar refractivity (Wildman–Crippen MR) is 241 cm³/mol. The van der Waals surface area contributed by atoms with Gasteiger partial charge in [-0.15, -0.1) is 0 Å². The molecule has 266 valence electrons. The Morgan fingerprint density at radius 2 is 1.04 bits per heavy atom. The third kappa shape index (κ3) is 4.79. The second-order valence-electron chi connectivity index (χ2n) is 14.8. The minimum absolute atomic E-state index is 0.867. The summed E-state index contributed by atoms with van der Waals surface area (Å²) in [5, 5.41) is 11.9. The summed E-state index contributed by atoms with van der Waals surface area (Å²) in [7, 11) is 0. The maximum Gasteiger partial charge on any atom is 0.145 e. The van der Waals surface area contributed by atoms with Gasteiger partial charge in [0, 0.05) is 38.5 Å². The van der Waals surface area contributed by atoms with Gasteiger partial charge in [-0.2, -0.15) is 0 Å². The quantitative estimate of drug-likeness (QED) is 0.165. The first-order valence-electron chi connectivity index (χ1n) is 19.5. The van der Waals surface area contributed by atoms with Crippen LogP contribution in [0.2, 0.25) is 0 Å². The van der Waals surface area contributed by atoms with Gasteiger partial charge in [-0.25, -0.2) is 0 Å². The molecular weight excluding hydrogens is 693 g/mol. The zero-order chi connectivity index (χ0) is 37.5. The minimum atomic E-state index is 0.867. The Hall–Kier alpha value is -7.62. The van der Waals surface area contributed by atoms with E-state index >= 15 is 0 Å². The zero-order valence-corrected chi connectivity index (χ0v) is 30.9. The molecule has 0 aliphatic rings. The number of furan rings is 1. The van der Waals surface area contributed by atoms with E-state index in [1.165, 1.54) is 54.1 Å². The summed E-state index contributed by atoms with van der Waals surface area (Å²) in [6.07, 6.45) is 0. The molecule has 0 saturated carbocycles. The van der Waals surface area contributed by atoms with Gasteiger partial charge in [0.1, 0.15) is 11.2 Å². The molecule has 2 heterocycles. The van der Waals surface area contributed by atoms with Gasteiger partial charge in [0.2, 0.25) is 0 Å². The number of benzene rings is 10. The highest BCUT2D eigenvalue weighted by atomic mass is 16.3. The van der Waals surface area contributed by atoms with Crippen LogP contribution in [0.25, 0.3) is 92.9 Å². The van der Waals surface area contributed by atoms with E-state index in [1.807, 2.05) is 0 Å². The normalized spacial score (nSPS) is 11.9. The van der Waals surface area contributed by atoms with Gasteiger partial charge >= 0.3 is 0 Å². The van der Waals surface area contributed by atoms with Gasteiger partial charge in [-0.1, -0.05) is 146 Å². The van der Waals surface area contributed by atoms with Crippen LogP contribution in [-0.4, -0.2) is 4.57 Å². The zero-order valence-electron chi connectivity index (χ0n) is 30.9. The highest BCUT2D eigenvalue weighted by molar-refractivity contribution is 6.21. The van der Waals surface area contributed by atoms with Crippen LogP contribution in [0, 0.1) is 0 Å². The molecule has 0 unspecified atom stereocenters. The van der Waals surface area contributed by atoms with Crippen LogP contribution in [0.15, 0.2) is 211 Å². The lowest BCUT2D eigenvalue weighted by atomic mass is 9.95. The summed E-state index contributed by atoms with van der Waals surface area (Å²) in [6.45, 7) is 0. The molecular formula is C54H34N2O. The number of rotatable bonds is 5. The topological polar surface area (TPSA) is 21.3 Å². The molecule has 0 bridgehead atoms. The van der Waals surface area contributed by atoms with Gasteiger partial charge in [0.15, 0.2) is 0 Å². The average molecular weight is 727 g/mol. The van der Waals surface area contributed by atoms with E-state index in [2.05, 4.69) is 216 Å². The van der Waals surface area contributed by atoms with Crippen molar-refractivity contribution in [2.75, 3.05) is 4.90 Å². The highest BCUT2D eigenvalue weighted by Crippen LogP contribution is 2.49. The van der Waals surface area contributed by atoms with E-state index in [0.717, 1.165) is 55.8 Å². The first kappa shape index (κ1) is 31.7. The fraction of sp³-hybridized carbons (Fsp3) is 0.